The third-order valence-corrected chi connectivity index (χ3v) is 4.32. The predicted octanol–water partition coefficient (Wildman–Crippen LogP) is 5.47. The lowest BCUT2D eigenvalue weighted by Crippen LogP contribution is -2.17. The van der Waals surface area contributed by atoms with Crippen molar-refractivity contribution < 1.29 is 18.0 Å². The topological polar surface area (TPSA) is 46.4 Å². The summed E-state index contributed by atoms with van der Waals surface area (Å²) in [6.07, 6.45) is -2.51. The standard InChI is InChI=1S/C17H12Cl2F3N3O/c1-2-12-15(25-6-5-10(18)8-14(25)23-12)16(26)24-13-7-9(17(20,21)22)3-4-11(13)19/h3-8H,2H2,1H3,(H,24,26). The average molecular weight is 402 g/mol. The molecule has 2 heterocycles. The van der Waals surface area contributed by atoms with Gasteiger partial charge in [0.1, 0.15) is 11.3 Å². The van der Waals surface area contributed by atoms with Gasteiger partial charge in [-0.2, -0.15) is 13.2 Å². The van der Waals surface area contributed by atoms with Crippen LogP contribution in [-0.4, -0.2) is 15.3 Å². The molecule has 136 valence electrons. The predicted molar refractivity (Wildman–Crippen MR) is 94.0 cm³/mol. The molecule has 0 saturated carbocycles. The number of carbonyl (C=O) groups is 1. The second kappa shape index (κ2) is 6.81. The first-order chi connectivity index (χ1) is 12.2. The number of fused-ring (bicyclic) bond motifs is 1. The summed E-state index contributed by atoms with van der Waals surface area (Å²) in [7, 11) is 0. The van der Waals surface area contributed by atoms with Gasteiger partial charge >= 0.3 is 6.18 Å². The first-order valence-corrected chi connectivity index (χ1v) is 8.31. The molecule has 0 aliphatic rings. The Morgan fingerprint density at radius 3 is 2.62 bits per heavy atom. The molecule has 4 nitrogen and oxygen atoms in total. The monoisotopic (exact) mass is 401 g/mol. The highest BCUT2D eigenvalue weighted by molar-refractivity contribution is 6.34. The number of nitrogens with one attached hydrogen (secondary N) is 1. The average Bonchev–Trinajstić information content (AvgIpc) is 2.93. The number of alkyl halides is 3. The van der Waals surface area contributed by atoms with Gasteiger partial charge in [0, 0.05) is 17.3 Å². The van der Waals surface area contributed by atoms with Gasteiger partial charge in [-0.3, -0.25) is 9.20 Å². The fraction of sp³-hybridized carbons (Fsp3) is 0.176. The van der Waals surface area contributed by atoms with Crippen molar-refractivity contribution in [2.45, 2.75) is 19.5 Å². The number of anilines is 1. The second-order valence-corrected chi connectivity index (χ2v) is 6.32. The van der Waals surface area contributed by atoms with Crippen LogP contribution in [0, 0.1) is 0 Å². The van der Waals surface area contributed by atoms with Crippen LogP contribution in [-0.2, 0) is 12.6 Å². The number of hydrogen-bond donors (Lipinski definition) is 1. The molecule has 1 aromatic carbocycles. The summed E-state index contributed by atoms with van der Waals surface area (Å²) in [6.45, 7) is 1.82. The number of pyridine rings is 1. The molecule has 1 N–H and O–H groups in total. The maximum Gasteiger partial charge on any atom is 0.416 e. The molecule has 0 aliphatic carbocycles. The van der Waals surface area contributed by atoms with Crippen LogP contribution in [0.1, 0.15) is 28.7 Å². The second-order valence-electron chi connectivity index (χ2n) is 5.48. The van der Waals surface area contributed by atoms with E-state index in [2.05, 4.69) is 10.3 Å². The van der Waals surface area contributed by atoms with Gasteiger partial charge in [-0.1, -0.05) is 30.1 Å². The Balaban J connectivity index is 2.02. The number of carbonyl (C=O) groups excluding carboxylic acids is 1. The molecular weight excluding hydrogens is 390 g/mol. The third-order valence-electron chi connectivity index (χ3n) is 3.75. The van der Waals surface area contributed by atoms with E-state index in [0.717, 1.165) is 18.2 Å². The van der Waals surface area contributed by atoms with Crippen LogP contribution in [0.15, 0.2) is 36.5 Å². The van der Waals surface area contributed by atoms with E-state index in [-0.39, 0.29) is 16.4 Å². The summed E-state index contributed by atoms with van der Waals surface area (Å²) in [5.74, 6) is -0.613. The first-order valence-electron chi connectivity index (χ1n) is 7.55. The number of imidazole rings is 1. The molecule has 0 atom stereocenters. The molecule has 3 aromatic rings. The van der Waals surface area contributed by atoms with Crippen molar-refractivity contribution in [3.05, 3.63) is 63.5 Å². The van der Waals surface area contributed by atoms with Gasteiger partial charge in [0.2, 0.25) is 0 Å². The van der Waals surface area contributed by atoms with Crippen molar-refractivity contribution in [2.75, 3.05) is 5.32 Å². The first kappa shape index (κ1) is 18.5. The van der Waals surface area contributed by atoms with Crippen LogP contribution in [0.25, 0.3) is 5.65 Å². The minimum Gasteiger partial charge on any atom is -0.319 e. The fourth-order valence-corrected chi connectivity index (χ4v) is 2.85. The Hall–Kier alpha value is -2.25. The Bertz CT molecular complexity index is 999. The van der Waals surface area contributed by atoms with Gasteiger partial charge < -0.3 is 5.32 Å². The highest BCUT2D eigenvalue weighted by Crippen LogP contribution is 2.34. The summed E-state index contributed by atoms with van der Waals surface area (Å²) >= 11 is 11.9. The van der Waals surface area contributed by atoms with E-state index in [4.69, 9.17) is 23.2 Å². The van der Waals surface area contributed by atoms with Crippen LogP contribution in [0.3, 0.4) is 0 Å². The number of amides is 1. The van der Waals surface area contributed by atoms with Gasteiger partial charge in [0.05, 0.1) is 22.0 Å². The number of benzene rings is 1. The molecule has 0 unspecified atom stereocenters. The lowest BCUT2D eigenvalue weighted by molar-refractivity contribution is -0.137. The fourth-order valence-electron chi connectivity index (χ4n) is 2.53. The highest BCUT2D eigenvalue weighted by Gasteiger charge is 2.31. The summed E-state index contributed by atoms with van der Waals surface area (Å²) in [5, 5.41) is 2.90. The molecule has 0 bridgehead atoms. The number of halogens is 5. The molecule has 0 radical (unpaired) electrons. The smallest absolute Gasteiger partial charge is 0.319 e. The van der Waals surface area contributed by atoms with E-state index in [1.807, 2.05) is 6.92 Å². The zero-order valence-electron chi connectivity index (χ0n) is 13.4. The zero-order valence-corrected chi connectivity index (χ0v) is 14.9. The Labute approximate surface area is 156 Å². The van der Waals surface area contributed by atoms with Crippen LogP contribution >= 0.6 is 23.2 Å². The largest absolute Gasteiger partial charge is 0.416 e. The molecule has 26 heavy (non-hydrogen) atoms. The quantitative estimate of drug-likeness (QED) is 0.631. The van der Waals surface area contributed by atoms with Crippen molar-refractivity contribution in [3.63, 3.8) is 0 Å². The van der Waals surface area contributed by atoms with E-state index in [1.54, 1.807) is 18.3 Å². The van der Waals surface area contributed by atoms with E-state index in [1.165, 1.54) is 4.40 Å². The van der Waals surface area contributed by atoms with E-state index in [9.17, 15) is 18.0 Å². The summed E-state index contributed by atoms with van der Waals surface area (Å²) in [4.78, 5) is 17.1. The number of hydrogen-bond acceptors (Lipinski definition) is 2. The Morgan fingerprint density at radius 1 is 1.23 bits per heavy atom. The van der Waals surface area contributed by atoms with Gasteiger partial charge in [-0.15, -0.1) is 0 Å². The third kappa shape index (κ3) is 3.50. The summed E-state index contributed by atoms with van der Waals surface area (Å²) < 4.78 is 40.2. The van der Waals surface area contributed by atoms with Crippen molar-refractivity contribution in [2.24, 2.45) is 0 Å². The molecule has 0 fully saturated rings. The van der Waals surface area contributed by atoms with Gasteiger partial charge in [-0.05, 0) is 30.7 Å². The van der Waals surface area contributed by atoms with E-state index >= 15 is 0 Å². The Kier molecular flexibility index (Phi) is 4.86. The number of nitrogens with zero attached hydrogens (tertiary/aromatic N) is 2. The molecule has 2 aromatic heterocycles. The van der Waals surface area contributed by atoms with Gasteiger partial charge in [0.25, 0.3) is 5.91 Å². The highest BCUT2D eigenvalue weighted by atomic mass is 35.5. The number of aromatic nitrogens is 2. The molecule has 0 saturated heterocycles. The SMILES string of the molecule is CCc1nc2cc(Cl)ccn2c1C(=O)Nc1cc(C(F)(F)F)ccc1Cl. The van der Waals surface area contributed by atoms with Crippen molar-refractivity contribution in [3.8, 4) is 0 Å². The van der Waals surface area contributed by atoms with Crippen LogP contribution in [0.4, 0.5) is 18.9 Å². The number of rotatable bonds is 3. The normalized spacial score (nSPS) is 11.8. The maximum atomic E-state index is 12.9. The lowest BCUT2D eigenvalue weighted by atomic mass is 10.2. The van der Waals surface area contributed by atoms with Crippen LogP contribution < -0.4 is 5.32 Å². The lowest BCUT2D eigenvalue weighted by Gasteiger charge is -2.12. The molecule has 0 aliphatic heterocycles. The zero-order chi connectivity index (χ0) is 19.1. The van der Waals surface area contributed by atoms with Crippen molar-refractivity contribution in [1.29, 1.82) is 0 Å². The van der Waals surface area contributed by atoms with Gasteiger partial charge in [0.15, 0.2) is 0 Å². The van der Waals surface area contributed by atoms with Crippen LogP contribution in [0.2, 0.25) is 10.0 Å². The van der Waals surface area contributed by atoms with Crippen molar-refractivity contribution >= 4 is 40.4 Å². The maximum absolute atomic E-state index is 12.9. The molecular formula is C17H12Cl2F3N3O. The molecule has 0 spiro atoms. The van der Waals surface area contributed by atoms with E-state index in [0.29, 0.717) is 22.8 Å². The minimum atomic E-state index is -4.54. The molecule has 3 rings (SSSR count). The van der Waals surface area contributed by atoms with Crippen LogP contribution in [0.5, 0.6) is 0 Å². The molecule has 9 heteroatoms. The number of aryl methyl sites for hydroxylation is 1. The van der Waals surface area contributed by atoms with E-state index < -0.39 is 17.6 Å². The summed E-state index contributed by atoms with van der Waals surface area (Å²) in [5.41, 5.74) is 0.144. The summed E-state index contributed by atoms with van der Waals surface area (Å²) in [6, 6.07) is 5.92. The van der Waals surface area contributed by atoms with Gasteiger partial charge in [-0.25, -0.2) is 4.98 Å². The van der Waals surface area contributed by atoms with Crippen molar-refractivity contribution in [1.82, 2.24) is 9.38 Å². The Morgan fingerprint density at radius 2 is 1.96 bits per heavy atom. The molecule has 1 amide bonds. The minimum absolute atomic E-state index is 0.00117.